The minimum atomic E-state index is -0.348. The average molecular weight is 453 g/mol. The van der Waals surface area contributed by atoms with E-state index in [4.69, 9.17) is 4.98 Å². The van der Waals surface area contributed by atoms with Gasteiger partial charge in [0.2, 0.25) is 0 Å². The Balaban J connectivity index is 1.34. The van der Waals surface area contributed by atoms with Gasteiger partial charge < -0.3 is 9.80 Å². The third-order valence-electron chi connectivity index (χ3n) is 7.18. The largest absolute Gasteiger partial charge is 0.366 e. The van der Waals surface area contributed by atoms with Crippen LogP contribution in [-0.4, -0.2) is 41.9 Å². The molecule has 5 nitrogen and oxygen atoms in total. The fourth-order valence-electron chi connectivity index (χ4n) is 5.46. The molecule has 1 aromatic heterocycles. The highest BCUT2D eigenvalue weighted by Gasteiger charge is 2.44. The second-order valence-corrected chi connectivity index (χ2v) is 9.28. The molecule has 0 N–H and O–H groups in total. The molecule has 2 aliphatic rings. The lowest BCUT2D eigenvalue weighted by atomic mass is 9.80. The van der Waals surface area contributed by atoms with E-state index < -0.39 is 0 Å². The van der Waals surface area contributed by atoms with Crippen LogP contribution >= 0.6 is 0 Å². The Labute approximate surface area is 197 Å². The van der Waals surface area contributed by atoms with Gasteiger partial charge in [-0.25, -0.2) is 14.4 Å². The van der Waals surface area contributed by atoms with Gasteiger partial charge in [-0.15, -0.1) is 0 Å². The summed E-state index contributed by atoms with van der Waals surface area (Å²) < 4.78 is 14.0. The third kappa shape index (κ3) is 3.41. The molecule has 2 fully saturated rings. The van der Waals surface area contributed by atoms with Crippen LogP contribution in [0, 0.1) is 18.7 Å². The number of carbonyl (C=O) groups excluding carboxylic acids is 1. The standard InChI is InChI=1S/C28H25FN4O/c1-18-12-21(17-34)27(19-6-3-2-4-7-19)24(13-18)33-15-20-10-11-32(16-25(20)33)26-14-30-28-22(29)8-5-9-23(28)31-26/h2-9,12-14,17,20,25H,10-11,15-16H2,1H3/t20-,25-/m1/s1. The molecule has 2 saturated heterocycles. The zero-order chi connectivity index (χ0) is 23.2. The summed E-state index contributed by atoms with van der Waals surface area (Å²) in [5.41, 5.74) is 5.85. The molecule has 34 heavy (non-hydrogen) atoms. The summed E-state index contributed by atoms with van der Waals surface area (Å²) in [4.78, 5) is 25.8. The summed E-state index contributed by atoms with van der Waals surface area (Å²) in [7, 11) is 0. The van der Waals surface area contributed by atoms with E-state index in [1.54, 1.807) is 18.3 Å². The van der Waals surface area contributed by atoms with Crippen molar-refractivity contribution in [3.63, 3.8) is 0 Å². The normalized spacial score (nSPS) is 19.6. The molecular formula is C28H25FN4O. The van der Waals surface area contributed by atoms with Crippen molar-refractivity contribution in [3.8, 4) is 11.1 Å². The Kier molecular flexibility index (Phi) is 5.01. The highest BCUT2D eigenvalue weighted by Crippen LogP contribution is 2.43. The molecule has 2 atom stereocenters. The first-order valence-electron chi connectivity index (χ1n) is 11.7. The Bertz CT molecular complexity index is 1390. The number of anilines is 2. The predicted molar refractivity (Wildman–Crippen MR) is 133 cm³/mol. The summed E-state index contributed by atoms with van der Waals surface area (Å²) >= 11 is 0. The molecule has 4 aromatic rings. The number of benzene rings is 3. The summed E-state index contributed by atoms with van der Waals surface area (Å²) in [6.07, 6.45) is 3.71. The van der Waals surface area contributed by atoms with Crippen LogP contribution in [0.1, 0.15) is 22.3 Å². The number of carbonyl (C=O) groups is 1. The van der Waals surface area contributed by atoms with Crippen molar-refractivity contribution in [1.29, 1.82) is 0 Å². The molecule has 3 heterocycles. The number of rotatable bonds is 4. The maximum absolute atomic E-state index is 14.0. The number of hydrogen-bond donors (Lipinski definition) is 0. The van der Waals surface area contributed by atoms with E-state index in [1.807, 2.05) is 31.2 Å². The van der Waals surface area contributed by atoms with Gasteiger partial charge in [-0.1, -0.05) is 36.4 Å². The van der Waals surface area contributed by atoms with Gasteiger partial charge in [-0.05, 0) is 48.7 Å². The van der Waals surface area contributed by atoms with Crippen molar-refractivity contribution in [2.24, 2.45) is 5.92 Å². The Morgan fingerprint density at radius 3 is 2.74 bits per heavy atom. The smallest absolute Gasteiger partial charge is 0.151 e. The minimum Gasteiger partial charge on any atom is -0.366 e. The van der Waals surface area contributed by atoms with E-state index >= 15 is 0 Å². The number of aryl methyl sites for hydroxylation is 1. The van der Waals surface area contributed by atoms with Crippen LogP contribution in [-0.2, 0) is 0 Å². The number of nitrogens with zero attached hydrogens (tertiary/aromatic N) is 4. The molecule has 0 radical (unpaired) electrons. The van der Waals surface area contributed by atoms with E-state index in [0.717, 1.165) is 66.1 Å². The number of halogens is 1. The highest BCUT2D eigenvalue weighted by atomic mass is 19.1. The first-order valence-corrected chi connectivity index (χ1v) is 11.7. The fraction of sp³-hybridized carbons (Fsp3) is 0.250. The first-order chi connectivity index (χ1) is 16.6. The van der Waals surface area contributed by atoms with Gasteiger partial charge in [0, 0.05) is 42.4 Å². The number of aromatic nitrogens is 2. The van der Waals surface area contributed by atoms with Gasteiger partial charge in [0.05, 0.1) is 17.8 Å². The van der Waals surface area contributed by atoms with Crippen LogP contribution in [0.25, 0.3) is 22.2 Å². The lowest BCUT2D eigenvalue weighted by molar-refractivity contribution is 0.112. The molecule has 6 rings (SSSR count). The summed E-state index contributed by atoms with van der Waals surface area (Å²) in [5, 5.41) is 0. The lowest BCUT2D eigenvalue weighted by Crippen LogP contribution is -2.64. The van der Waals surface area contributed by atoms with E-state index in [0.29, 0.717) is 23.0 Å². The van der Waals surface area contributed by atoms with Gasteiger partial charge in [0.25, 0.3) is 0 Å². The van der Waals surface area contributed by atoms with E-state index in [-0.39, 0.29) is 5.82 Å². The van der Waals surface area contributed by atoms with Crippen molar-refractivity contribution in [2.45, 2.75) is 19.4 Å². The predicted octanol–water partition coefficient (Wildman–Crippen LogP) is 5.27. The molecule has 170 valence electrons. The number of piperidine rings is 1. The van der Waals surface area contributed by atoms with E-state index in [2.05, 4.69) is 33.0 Å². The summed E-state index contributed by atoms with van der Waals surface area (Å²) in [6.45, 7) is 4.75. The van der Waals surface area contributed by atoms with Gasteiger partial charge in [-0.3, -0.25) is 4.79 Å². The number of para-hydroxylation sites is 1. The second kappa shape index (κ2) is 8.20. The number of aldehydes is 1. The maximum Gasteiger partial charge on any atom is 0.151 e. The van der Waals surface area contributed by atoms with Gasteiger partial charge >= 0.3 is 0 Å². The van der Waals surface area contributed by atoms with E-state index in [1.165, 1.54) is 6.07 Å². The zero-order valence-electron chi connectivity index (χ0n) is 19.0. The SMILES string of the molecule is Cc1cc(C=O)c(-c2ccccc2)c(N2C[C@H]3CCN(c4cnc5c(F)cccc5n4)C[C@H]32)c1. The zero-order valence-corrected chi connectivity index (χ0v) is 19.0. The molecule has 0 spiro atoms. The van der Waals surface area contributed by atoms with Crippen LogP contribution in [0.3, 0.4) is 0 Å². The average Bonchev–Trinajstić information content (AvgIpc) is 2.85. The van der Waals surface area contributed by atoms with Crippen molar-refractivity contribution in [1.82, 2.24) is 9.97 Å². The molecule has 6 heteroatoms. The van der Waals surface area contributed by atoms with Crippen molar-refractivity contribution in [3.05, 3.63) is 83.8 Å². The van der Waals surface area contributed by atoms with Gasteiger partial charge in [0.1, 0.15) is 11.3 Å². The lowest BCUT2D eigenvalue weighted by Gasteiger charge is -2.55. The first kappa shape index (κ1) is 20.8. The topological polar surface area (TPSA) is 49.3 Å². The fourth-order valence-corrected chi connectivity index (χ4v) is 5.46. The minimum absolute atomic E-state index is 0.306. The monoisotopic (exact) mass is 452 g/mol. The van der Waals surface area contributed by atoms with Crippen LogP contribution in [0.5, 0.6) is 0 Å². The Morgan fingerprint density at radius 1 is 1.06 bits per heavy atom. The highest BCUT2D eigenvalue weighted by molar-refractivity contribution is 5.95. The summed E-state index contributed by atoms with van der Waals surface area (Å²) in [5.74, 6) is 1.04. The van der Waals surface area contributed by atoms with Crippen LogP contribution in [0.2, 0.25) is 0 Å². The van der Waals surface area contributed by atoms with Crippen LogP contribution in [0.15, 0.2) is 66.9 Å². The third-order valence-corrected chi connectivity index (χ3v) is 7.18. The molecule has 0 unspecified atom stereocenters. The van der Waals surface area contributed by atoms with Gasteiger partial charge in [0.15, 0.2) is 12.1 Å². The summed E-state index contributed by atoms with van der Waals surface area (Å²) in [6, 6.07) is 19.5. The van der Waals surface area contributed by atoms with Crippen LogP contribution < -0.4 is 9.80 Å². The Hall–Kier alpha value is -3.80. The van der Waals surface area contributed by atoms with Gasteiger partial charge in [-0.2, -0.15) is 0 Å². The van der Waals surface area contributed by atoms with Crippen molar-refractivity contribution < 1.29 is 9.18 Å². The molecule has 0 saturated carbocycles. The molecule has 0 bridgehead atoms. The number of hydrogen-bond acceptors (Lipinski definition) is 5. The second-order valence-electron chi connectivity index (χ2n) is 9.28. The van der Waals surface area contributed by atoms with Crippen molar-refractivity contribution in [2.75, 3.05) is 29.4 Å². The van der Waals surface area contributed by atoms with E-state index in [9.17, 15) is 9.18 Å². The number of fused-ring (bicyclic) bond motifs is 2. The van der Waals surface area contributed by atoms with Crippen molar-refractivity contribution >= 4 is 28.8 Å². The Morgan fingerprint density at radius 2 is 1.91 bits per heavy atom. The molecule has 2 aliphatic heterocycles. The molecular weight excluding hydrogens is 427 g/mol. The molecule has 0 aliphatic carbocycles. The maximum atomic E-state index is 14.0. The van der Waals surface area contributed by atoms with Crippen LogP contribution in [0.4, 0.5) is 15.9 Å². The quantitative estimate of drug-likeness (QED) is 0.395. The molecule has 0 amide bonds. The molecule has 3 aromatic carbocycles.